The molecule has 0 aliphatic carbocycles. The third kappa shape index (κ3) is 3.24. The van der Waals surface area contributed by atoms with Crippen LogP contribution in [0.15, 0.2) is 24.7 Å². The Morgan fingerprint density at radius 3 is 3.20 bits per heavy atom. The topological polar surface area (TPSA) is 79.7 Å². The minimum atomic E-state index is 0.541. The predicted molar refractivity (Wildman–Crippen MR) is 78.0 cm³/mol. The summed E-state index contributed by atoms with van der Waals surface area (Å²) in [5.41, 5.74) is 0.877. The van der Waals surface area contributed by atoms with Gasteiger partial charge in [-0.25, -0.2) is 4.98 Å². The van der Waals surface area contributed by atoms with Gasteiger partial charge in [0.15, 0.2) is 0 Å². The zero-order valence-corrected chi connectivity index (χ0v) is 11.5. The highest BCUT2D eigenvalue weighted by Gasteiger charge is 2.13. The average Bonchev–Trinajstić information content (AvgIpc) is 3.09. The fraction of sp³-hybridized carbons (Fsp3) is 0.462. The Kier molecular flexibility index (Phi) is 3.78. The predicted octanol–water partition coefficient (Wildman–Crippen LogP) is 1.12. The van der Waals surface area contributed by atoms with Crippen LogP contribution in [0.5, 0.6) is 0 Å². The van der Waals surface area contributed by atoms with Crippen LogP contribution in [-0.4, -0.2) is 38.9 Å². The number of nitrogens with zero attached hydrogens (tertiary/aromatic N) is 4. The van der Waals surface area contributed by atoms with E-state index in [4.69, 9.17) is 0 Å². The van der Waals surface area contributed by atoms with Crippen LogP contribution in [-0.2, 0) is 7.05 Å². The normalized spacial score (nSPS) is 18.1. The zero-order valence-electron chi connectivity index (χ0n) is 11.5. The van der Waals surface area contributed by atoms with E-state index < -0.39 is 0 Å². The van der Waals surface area contributed by atoms with E-state index in [1.54, 1.807) is 17.1 Å². The van der Waals surface area contributed by atoms with E-state index in [-0.39, 0.29) is 0 Å². The molecule has 2 aromatic heterocycles. The molecule has 1 fully saturated rings. The molecule has 0 unspecified atom stereocenters. The van der Waals surface area contributed by atoms with Crippen molar-refractivity contribution in [2.75, 3.05) is 23.7 Å². The Balaban J connectivity index is 1.60. The molecule has 2 aromatic rings. The summed E-state index contributed by atoms with van der Waals surface area (Å²) in [6.45, 7) is 2.01. The maximum absolute atomic E-state index is 4.44. The van der Waals surface area contributed by atoms with Crippen LogP contribution in [0.25, 0.3) is 0 Å². The van der Waals surface area contributed by atoms with E-state index in [2.05, 4.69) is 31.0 Å². The number of anilines is 3. The second-order valence-electron chi connectivity index (χ2n) is 4.97. The molecule has 1 atom stereocenters. The van der Waals surface area contributed by atoms with Crippen molar-refractivity contribution >= 4 is 17.5 Å². The third-order valence-electron chi connectivity index (χ3n) is 3.31. The van der Waals surface area contributed by atoms with Crippen molar-refractivity contribution in [2.45, 2.75) is 18.9 Å². The van der Waals surface area contributed by atoms with Gasteiger partial charge in [0, 0.05) is 32.0 Å². The third-order valence-corrected chi connectivity index (χ3v) is 3.31. The summed E-state index contributed by atoms with van der Waals surface area (Å²) in [4.78, 5) is 8.65. The molecule has 106 valence electrons. The standard InChI is InChI=1S/C13H19N7/c1-20-9-11(8-17-20)18-13-15-6-4-12(19-13)16-7-10-3-2-5-14-10/h4,6,8-10,14H,2-3,5,7H2,1H3,(H2,15,16,18,19)/t10-/m1/s1. The first-order chi connectivity index (χ1) is 9.79. The first-order valence-electron chi connectivity index (χ1n) is 6.85. The highest BCUT2D eigenvalue weighted by Crippen LogP contribution is 2.13. The monoisotopic (exact) mass is 273 g/mol. The molecule has 0 saturated carbocycles. The van der Waals surface area contributed by atoms with Crippen molar-refractivity contribution < 1.29 is 0 Å². The van der Waals surface area contributed by atoms with Crippen molar-refractivity contribution in [1.29, 1.82) is 0 Å². The first kappa shape index (κ1) is 12.9. The van der Waals surface area contributed by atoms with Gasteiger partial charge in [-0.3, -0.25) is 4.68 Å². The molecule has 0 spiro atoms. The number of hydrogen-bond acceptors (Lipinski definition) is 6. The molecular formula is C13H19N7. The molecule has 1 aliphatic rings. The Hall–Kier alpha value is -2.15. The highest BCUT2D eigenvalue weighted by atomic mass is 15.3. The van der Waals surface area contributed by atoms with Crippen LogP contribution >= 0.6 is 0 Å². The van der Waals surface area contributed by atoms with Gasteiger partial charge in [-0.05, 0) is 25.5 Å². The Morgan fingerprint density at radius 1 is 1.50 bits per heavy atom. The van der Waals surface area contributed by atoms with E-state index >= 15 is 0 Å². The van der Waals surface area contributed by atoms with Crippen LogP contribution in [0.4, 0.5) is 17.5 Å². The lowest BCUT2D eigenvalue weighted by molar-refractivity contribution is 0.632. The van der Waals surface area contributed by atoms with Gasteiger partial charge in [0.25, 0.3) is 0 Å². The van der Waals surface area contributed by atoms with Gasteiger partial charge >= 0.3 is 0 Å². The number of nitrogens with one attached hydrogen (secondary N) is 3. The van der Waals surface area contributed by atoms with E-state index in [1.807, 2.05) is 19.3 Å². The lowest BCUT2D eigenvalue weighted by atomic mass is 10.2. The Labute approximate surface area is 117 Å². The second-order valence-corrected chi connectivity index (χ2v) is 4.97. The van der Waals surface area contributed by atoms with Gasteiger partial charge in [0.05, 0.1) is 11.9 Å². The molecule has 0 amide bonds. The smallest absolute Gasteiger partial charge is 0.229 e. The molecule has 3 N–H and O–H groups in total. The molecule has 0 bridgehead atoms. The summed E-state index contributed by atoms with van der Waals surface area (Å²) in [6.07, 6.45) is 7.84. The lowest BCUT2D eigenvalue weighted by Crippen LogP contribution is -2.29. The van der Waals surface area contributed by atoms with Crippen molar-refractivity contribution in [3.05, 3.63) is 24.7 Å². The second kappa shape index (κ2) is 5.87. The van der Waals surface area contributed by atoms with Gasteiger partial charge in [-0.1, -0.05) is 0 Å². The molecule has 0 aromatic carbocycles. The summed E-state index contributed by atoms with van der Waals surface area (Å²) in [7, 11) is 1.87. The van der Waals surface area contributed by atoms with E-state index in [9.17, 15) is 0 Å². The largest absolute Gasteiger partial charge is 0.368 e. The average molecular weight is 273 g/mol. The maximum atomic E-state index is 4.44. The summed E-state index contributed by atoms with van der Waals surface area (Å²) >= 11 is 0. The summed E-state index contributed by atoms with van der Waals surface area (Å²) in [6, 6.07) is 2.42. The van der Waals surface area contributed by atoms with E-state index in [0.717, 1.165) is 24.6 Å². The minimum Gasteiger partial charge on any atom is -0.368 e. The molecule has 7 nitrogen and oxygen atoms in total. The molecule has 3 heterocycles. The van der Waals surface area contributed by atoms with Gasteiger partial charge in [-0.15, -0.1) is 0 Å². The van der Waals surface area contributed by atoms with Crippen molar-refractivity contribution in [1.82, 2.24) is 25.1 Å². The molecular weight excluding hydrogens is 254 g/mol. The number of hydrogen-bond donors (Lipinski definition) is 3. The highest BCUT2D eigenvalue weighted by molar-refractivity contribution is 5.52. The molecule has 3 rings (SSSR count). The van der Waals surface area contributed by atoms with Crippen LogP contribution in [0.2, 0.25) is 0 Å². The van der Waals surface area contributed by atoms with Crippen LogP contribution in [0.3, 0.4) is 0 Å². The van der Waals surface area contributed by atoms with Crippen molar-refractivity contribution in [3.63, 3.8) is 0 Å². The Morgan fingerprint density at radius 2 is 2.45 bits per heavy atom. The van der Waals surface area contributed by atoms with Crippen LogP contribution in [0.1, 0.15) is 12.8 Å². The van der Waals surface area contributed by atoms with Crippen LogP contribution in [0, 0.1) is 0 Å². The fourth-order valence-electron chi connectivity index (χ4n) is 2.29. The van der Waals surface area contributed by atoms with Gasteiger partial charge in [0.2, 0.25) is 5.95 Å². The van der Waals surface area contributed by atoms with Crippen molar-refractivity contribution in [3.8, 4) is 0 Å². The van der Waals surface area contributed by atoms with Crippen LogP contribution < -0.4 is 16.0 Å². The van der Waals surface area contributed by atoms with E-state index in [1.165, 1.54) is 12.8 Å². The summed E-state index contributed by atoms with van der Waals surface area (Å²) in [5, 5.41) is 14.0. The fourth-order valence-corrected chi connectivity index (χ4v) is 2.29. The summed E-state index contributed by atoms with van der Waals surface area (Å²) in [5.74, 6) is 1.41. The zero-order chi connectivity index (χ0) is 13.8. The number of aromatic nitrogens is 4. The SMILES string of the molecule is Cn1cc(Nc2nccc(NC[C@H]3CCCN3)n2)cn1. The molecule has 20 heavy (non-hydrogen) atoms. The van der Waals surface area contributed by atoms with Gasteiger partial charge in [0.1, 0.15) is 5.82 Å². The van der Waals surface area contributed by atoms with Gasteiger partial charge in [-0.2, -0.15) is 10.1 Å². The molecule has 1 aliphatic heterocycles. The summed E-state index contributed by atoms with van der Waals surface area (Å²) < 4.78 is 1.73. The quantitative estimate of drug-likeness (QED) is 0.757. The molecule has 7 heteroatoms. The minimum absolute atomic E-state index is 0.541. The molecule has 1 saturated heterocycles. The van der Waals surface area contributed by atoms with E-state index in [0.29, 0.717) is 12.0 Å². The van der Waals surface area contributed by atoms with Crippen molar-refractivity contribution in [2.24, 2.45) is 7.05 Å². The number of aryl methyl sites for hydroxylation is 1. The first-order valence-corrected chi connectivity index (χ1v) is 6.85. The maximum Gasteiger partial charge on any atom is 0.229 e. The van der Waals surface area contributed by atoms with Gasteiger partial charge < -0.3 is 16.0 Å². The number of rotatable bonds is 5. The Bertz CT molecular complexity index is 559. The molecule has 0 radical (unpaired) electrons. The lowest BCUT2D eigenvalue weighted by Gasteiger charge is -2.12.